The van der Waals surface area contributed by atoms with Gasteiger partial charge in [-0.05, 0) is 30.7 Å². The smallest absolute Gasteiger partial charge is 0.332 e. The fourth-order valence-electron chi connectivity index (χ4n) is 1.20. The summed E-state index contributed by atoms with van der Waals surface area (Å²) in [7, 11) is 0. The van der Waals surface area contributed by atoms with Gasteiger partial charge in [0.05, 0.1) is 12.3 Å². The first kappa shape index (κ1) is 13.2. The Morgan fingerprint density at radius 2 is 2.31 bits per heavy atom. The molecule has 0 radical (unpaired) electrons. The minimum absolute atomic E-state index is 0.104. The first-order chi connectivity index (χ1) is 7.56. The Kier molecular flexibility index (Phi) is 4.92. The molecule has 0 spiro atoms. The lowest BCUT2D eigenvalue weighted by atomic mass is 10.2. The van der Waals surface area contributed by atoms with Crippen LogP contribution < -0.4 is 9.62 Å². The predicted octanol–water partition coefficient (Wildman–Crippen LogP) is 2.00. The van der Waals surface area contributed by atoms with Gasteiger partial charge in [-0.1, -0.05) is 24.4 Å². The Morgan fingerprint density at radius 1 is 1.62 bits per heavy atom. The van der Waals surface area contributed by atoms with Gasteiger partial charge in [0.1, 0.15) is 0 Å². The van der Waals surface area contributed by atoms with Crippen molar-refractivity contribution < 1.29 is 9.90 Å². The molecule has 0 saturated heterocycles. The van der Waals surface area contributed by atoms with E-state index in [4.69, 9.17) is 16.7 Å². The van der Waals surface area contributed by atoms with Gasteiger partial charge in [0, 0.05) is 11.6 Å². The second-order valence-electron chi connectivity index (χ2n) is 3.20. The van der Waals surface area contributed by atoms with Gasteiger partial charge < -0.3 is 10.4 Å². The minimum Gasteiger partial charge on any atom is -0.395 e. The molecule has 0 aliphatic rings. The number of aliphatic hydroxyl groups is 1. The van der Waals surface area contributed by atoms with Gasteiger partial charge in [0.15, 0.2) is 0 Å². The predicted molar refractivity (Wildman–Crippen MR) is 68.1 cm³/mol. The summed E-state index contributed by atoms with van der Waals surface area (Å²) >= 11 is 9.90. The van der Waals surface area contributed by atoms with Crippen molar-refractivity contribution in [1.82, 2.24) is 5.32 Å². The van der Waals surface area contributed by atoms with Crippen LogP contribution in [0, 0.1) is 6.92 Å². The van der Waals surface area contributed by atoms with Crippen LogP contribution >= 0.6 is 24.4 Å². The zero-order valence-corrected chi connectivity index (χ0v) is 10.4. The lowest BCUT2D eigenvalue weighted by Gasteiger charge is -2.18. The number of nitrogens with zero attached hydrogens (tertiary/aromatic N) is 1. The molecule has 0 aromatic heterocycles. The van der Waals surface area contributed by atoms with Crippen LogP contribution in [0.15, 0.2) is 18.2 Å². The number of rotatable bonds is 3. The fraction of sp³-hybridized carbons (Fsp3) is 0.300. The van der Waals surface area contributed by atoms with Crippen LogP contribution in [0.25, 0.3) is 0 Å². The van der Waals surface area contributed by atoms with E-state index in [-0.39, 0.29) is 19.2 Å². The van der Waals surface area contributed by atoms with Crippen molar-refractivity contribution >= 4 is 36.1 Å². The zero-order chi connectivity index (χ0) is 12.1. The monoisotopic (exact) mass is 260 g/mol. The molecule has 1 aromatic carbocycles. The highest BCUT2D eigenvalue weighted by Crippen LogP contribution is 2.24. The number of hydrogen-bond donors (Lipinski definition) is 3. The van der Waals surface area contributed by atoms with Gasteiger partial charge >= 0.3 is 6.03 Å². The molecule has 88 valence electrons. The normalized spacial score (nSPS) is 10.0. The number of amides is 2. The molecular weight excluding hydrogens is 248 g/mol. The molecule has 0 heterocycles. The van der Waals surface area contributed by atoms with Gasteiger partial charge in [0.2, 0.25) is 0 Å². The van der Waals surface area contributed by atoms with E-state index in [0.29, 0.717) is 10.7 Å². The van der Waals surface area contributed by atoms with E-state index in [2.05, 4.69) is 18.1 Å². The Labute approximate surface area is 105 Å². The molecule has 2 amide bonds. The van der Waals surface area contributed by atoms with E-state index in [0.717, 1.165) is 5.56 Å². The van der Waals surface area contributed by atoms with Crippen molar-refractivity contribution in [2.75, 3.05) is 17.5 Å². The van der Waals surface area contributed by atoms with Crippen LogP contribution in [0.5, 0.6) is 0 Å². The van der Waals surface area contributed by atoms with E-state index in [1.54, 1.807) is 18.2 Å². The minimum atomic E-state index is -0.386. The molecule has 16 heavy (non-hydrogen) atoms. The highest BCUT2D eigenvalue weighted by atomic mass is 35.5. The van der Waals surface area contributed by atoms with E-state index in [1.165, 1.54) is 4.31 Å². The molecule has 1 aromatic rings. The van der Waals surface area contributed by atoms with Crippen molar-refractivity contribution in [3.05, 3.63) is 28.8 Å². The SMILES string of the molecule is Cc1cc(Cl)ccc1N(S)C(=O)NCCO. The average molecular weight is 261 g/mol. The summed E-state index contributed by atoms with van der Waals surface area (Å²) in [5.41, 5.74) is 1.50. The molecule has 4 nitrogen and oxygen atoms in total. The quantitative estimate of drug-likeness (QED) is 0.728. The van der Waals surface area contributed by atoms with Crippen LogP contribution in [0.2, 0.25) is 5.02 Å². The summed E-state index contributed by atoms with van der Waals surface area (Å²) in [5.74, 6) is 0. The number of carbonyl (C=O) groups is 1. The van der Waals surface area contributed by atoms with Crippen molar-refractivity contribution in [3.8, 4) is 0 Å². The number of benzene rings is 1. The second kappa shape index (κ2) is 5.98. The Morgan fingerprint density at radius 3 is 2.88 bits per heavy atom. The molecule has 2 N–H and O–H groups in total. The first-order valence-corrected chi connectivity index (χ1v) is 5.48. The standard InChI is InChI=1S/C10H13ClN2O2S/c1-7-6-8(11)2-3-9(7)13(16)10(15)12-4-5-14/h2-3,6,14,16H,4-5H2,1H3,(H,12,15). The number of aryl methyl sites for hydroxylation is 1. The zero-order valence-electron chi connectivity index (χ0n) is 8.77. The van der Waals surface area contributed by atoms with Crippen molar-refractivity contribution in [1.29, 1.82) is 0 Å². The van der Waals surface area contributed by atoms with Gasteiger partial charge in [-0.15, -0.1) is 0 Å². The third-order valence-corrected chi connectivity index (χ3v) is 2.60. The van der Waals surface area contributed by atoms with Crippen molar-refractivity contribution in [2.24, 2.45) is 0 Å². The maximum atomic E-state index is 11.5. The fourth-order valence-corrected chi connectivity index (χ4v) is 1.73. The molecule has 1 rings (SSSR count). The topological polar surface area (TPSA) is 52.6 Å². The van der Waals surface area contributed by atoms with Gasteiger partial charge in [-0.2, -0.15) is 0 Å². The number of nitrogens with one attached hydrogen (secondary N) is 1. The number of hydrogen-bond acceptors (Lipinski definition) is 3. The lowest BCUT2D eigenvalue weighted by molar-refractivity contribution is 0.242. The molecule has 6 heteroatoms. The second-order valence-corrected chi connectivity index (χ2v) is 4.03. The summed E-state index contributed by atoms with van der Waals surface area (Å²) in [6, 6.07) is 4.76. The molecule has 0 aliphatic carbocycles. The Hall–Kier alpha value is -0.910. The molecule has 0 saturated carbocycles. The number of anilines is 1. The summed E-state index contributed by atoms with van der Waals surface area (Å²) < 4.78 is 1.18. The number of thiol groups is 1. The molecule has 0 aliphatic heterocycles. The van der Waals surface area contributed by atoms with Gasteiger partial charge in [-0.3, -0.25) is 0 Å². The maximum Gasteiger partial charge on any atom is 0.332 e. The first-order valence-electron chi connectivity index (χ1n) is 4.70. The van der Waals surface area contributed by atoms with E-state index in [1.807, 2.05) is 6.92 Å². The largest absolute Gasteiger partial charge is 0.395 e. The molecule has 0 fully saturated rings. The number of carbonyl (C=O) groups excluding carboxylic acids is 1. The Bertz CT molecular complexity index is 387. The molecular formula is C10H13ClN2O2S. The van der Waals surface area contributed by atoms with Crippen molar-refractivity contribution in [3.63, 3.8) is 0 Å². The third kappa shape index (κ3) is 3.30. The number of urea groups is 1. The highest BCUT2D eigenvalue weighted by molar-refractivity contribution is 7.82. The van der Waals surface area contributed by atoms with E-state index < -0.39 is 0 Å². The third-order valence-electron chi connectivity index (χ3n) is 1.97. The molecule has 0 atom stereocenters. The maximum absolute atomic E-state index is 11.5. The summed E-state index contributed by atoms with van der Waals surface area (Å²) in [5, 5.41) is 11.7. The highest BCUT2D eigenvalue weighted by Gasteiger charge is 2.13. The Balaban J connectivity index is 2.79. The van der Waals surface area contributed by atoms with E-state index >= 15 is 0 Å². The van der Waals surface area contributed by atoms with Crippen molar-refractivity contribution in [2.45, 2.75) is 6.92 Å². The summed E-state index contributed by atoms with van der Waals surface area (Å²) in [6.07, 6.45) is 0. The summed E-state index contributed by atoms with van der Waals surface area (Å²) in [4.78, 5) is 11.5. The van der Waals surface area contributed by atoms with Gasteiger partial charge in [0.25, 0.3) is 0 Å². The van der Waals surface area contributed by atoms with Crippen LogP contribution in [0.4, 0.5) is 10.5 Å². The average Bonchev–Trinajstić information content (AvgIpc) is 2.25. The number of halogens is 1. The molecule has 0 bridgehead atoms. The summed E-state index contributed by atoms with van der Waals surface area (Å²) in [6.45, 7) is 1.93. The van der Waals surface area contributed by atoms with Crippen LogP contribution in [0.3, 0.4) is 0 Å². The molecule has 0 unspecified atom stereocenters. The van der Waals surface area contributed by atoms with Gasteiger partial charge in [-0.25, -0.2) is 9.10 Å². The van der Waals surface area contributed by atoms with E-state index in [9.17, 15) is 4.79 Å². The number of aliphatic hydroxyl groups excluding tert-OH is 1. The van der Waals surface area contributed by atoms with Crippen LogP contribution in [-0.2, 0) is 0 Å². The van der Waals surface area contributed by atoms with Crippen LogP contribution in [-0.4, -0.2) is 24.3 Å². The lowest BCUT2D eigenvalue weighted by Crippen LogP contribution is -2.35. The van der Waals surface area contributed by atoms with Crippen LogP contribution in [0.1, 0.15) is 5.56 Å².